The number of carbonyl (C=O) groups is 2. The van der Waals surface area contributed by atoms with Gasteiger partial charge in [-0.25, -0.2) is 4.79 Å². The first-order chi connectivity index (χ1) is 8.06. The van der Waals surface area contributed by atoms with Gasteiger partial charge in [0.1, 0.15) is 0 Å². The summed E-state index contributed by atoms with van der Waals surface area (Å²) in [6.45, 7) is 0.494. The molecule has 0 aliphatic carbocycles. The molecule has 0 aliphatic heterocycles. The maximum Gasteiger partial charge on any atom is 0.441 e. The third-order valence-corrected chi connectivity index (χ3v) is 2.19. The van der Waals surface area contributed by atoms with Crippen molar-refractivity contribution in [2.24, 2.45) is 0 Å². The maximum atomic E-state index is 12.3. The van der Waals surface area contributed by atoms with E-state index in [-0.39, 0.29) is 0 Å². The summed E-state index contributed by atoms with van der Waals surface area (Å²) in [6.07, 6.45) is -6.69. The van der Waals surface area contributed by atoms with Gasteiger partial charge in [-0.1, -0.05) is 0 Å². The largest absolute Gasteiger partial charge is 0.460 e. The van der Waals surface area contributed by atoms with Gasteiger partial charge in [-0.2, -0.15) is 18.0 Å². The zero-order valence-corrected chi connectivity index (χ0v) is 9.61. The molecule has 0 amide bonds. The summed E-state index contributed by atoms with van der Waals surface area (Å²) in [5.74, 6) is -2.43. The van der Waals surface area contributed by atoms with E-state index in [9.17, 15) is 22.8 Å². The van der Waals surface area contributed by atoms with Crippen LogP contribution in [0.25, 0.3) is 5.53 Å². The number of hydrogen-bond acceptors (Lipinski definition) is 4. The zero-order chi connectivity index (χ0) is 14.6. The number of hydrogen-bond donors (Lipinski definition) is 1. The molecule has 0 aliphatic rings. The minimum Gasteiger partial charge on any atom is -0.460 e. The van der Waals surface area contributed by atoms with Crippen molar-refractivity contribution >= 4 is 17.5 Å². The molecule has 0 spiro atoms. The van der Waals surface area contributed by atoms with E-state index >= 15 is 0 Å². The third kappa shape index (κ3) is 3.94. The Balaban J connectivity index is 4.72. The molecule has 102 valence electrons. The van der Waals surface area contributed by atoms with Crippen LogP contribution in [-0.2, 0) is 14.3 Å². The lowest BCUT2D eigenvalue weighted by molar-refractivity contribution is -0.254. The highest BCUT2D eigenvalue weighted by Crippen LogP contribution is 2.33. The highest BCUT2D eigenvalue weighted by atomic mass is 19.4. The van der Waals surface area contributed by atoms with Gasteiger partial charge in [0.15, 0.2) is 5.60 Å². The van der Waals surface area contributed by atoms with Gasteiger partial charge in [0.2, 0.25) is 0 Å². The van der Waals surface area contributed by atoms with Crippen LogP contribution in [0.4, 0.5) is 13.2 Å². The molecular formula is C9H11F3N2O4. The van der Waals surface area contributed by atoms with Gasteiger partial charge >= 0.3 is 17.9 Å². The molecule has 0 aromatic carbocycles. The first-order valence-corrected chi connectivity index (χ1v) is 4.69. The van der Waals surface area contributed by atoms with E-state index in [0.717, 1.165) is 7.11 Å². The fourth-order valence-corrected chi connectivity index (χ4v) is 0.924. The Morgan fingerprint density at radius 2 is 1.89 bits per heavy atom. The standard InChI is InChI=1S/C9H11F3N2O4/c1-8(17,9(10,11)12)4-3-5(15)6(14-13)7(16)18-2/h17H,3-4H2,1-2H3/t8-/m1/s1. The van der Waals surface area contributed by atoms with Crippen LogP contribution in [0.3, 0.4) is 0 Å². The Morgan fingerprint density at radius 1 is 1.39 bits per heavy atom. The van der Waals surface area contributed by atoms with Crippen LogP contribution in [0, 0.1) is 0 Å². The third-order valence-electron chi connectivity index (χ3n) is 2.19. The Labute approximate surface area is 100.0 Å². The van der Waals surface area contributed by atoms with E-state index in [0.29, 0.717) is 6.92 Å². The highest BCUT2D eigenvalue weighted by molar-refractivity contribution is 6.62. The molecule has 6 nitrogen and oxygen atoms in total. The number of halogens is 3. The predicted molar refractivity (Wildman–Crippen MR) is 51.6 cm³/mol. The lowest BCUT2D eigenvalue weighted by Gasteiger charge is -2.25. The van der Waals surface area contributed by atoms with Crippen molar-refractivity contribution in [2.45, 2.75) is 31.5 Å². The van der Waals surface area contributed by atoms with Crippen LogP contribution >= 0.6 is 0 Å². The fourth-order valence-electron chi connectivity index (χ4n) is 0.924. The van der Waals surface area contributed by atoms with Crippen molar-refractivity contribution in [3.63, 3.8) is 0 Å². The quantitative estimate of drug-likeness (QED) is 0.258. The normalized spacial score (nSPS) is 14.3. The Bertz CT molecular complexity index is 397. The average Bonchev–Trinajstić information content (AvgIpc) is 2.25. The van der Waals surface area contributed by atoms with E-state index in [1.54, 1.807) is 0 Å². The number of aliphatic hydroxyl groups is 1. The van der Waals surface area contributed by atoms with Crippen LogP contribution in [-0.4, -0.2) is 46.2 Å². The van der Waals surface area contributed by atoms with Gasteiger partial charge in [-0.15, -0.1) is 0 Å². The molecule has 0 bridgehead atoms. The molecule has 0 heterocycles. The van der Waals surface area contributed by atoms with Crippen molar-refractivity contribution in [3.8, 4) is 0 Å². The molecule has 1 N–H and O–H groups in total. The summed E-state index contributed by atoms with van der Waals surface area (Å²) in [5.41, 5.74) is 4.28. The lowest BCUT2D eigenvalue weighted by atomic mass is 9.97. The second-order valence-corrected chi connectivity index (χ2v) is 3.63. The van der Waals surface area contributed by atoms with Gasteiger partial charge in [-0.05, 0) is 13.3 Å². The average molecular weight is 268 g/mol. The summed E-state index contributed by atoms with van der Waals surface area (Å²) >= 11 is 0. The van der Waals surface area contributed by atoms with Crippen molar-refractivity contribution in [3.05, 3.63) is 5.53 Å². The van der Waals surface area contributed by atoms with E-state index < -0.39 is 42.1 Å². The molecule has 18 heavy (non-hydrogen) atoms. The molecule has 0 saturated carbocycles. The molecule has 0 radical (unpaired) electrons. The molecule has 0 aromatic rings. The number of methoxy groups -OCH3 is 1. The van der Waals surface area contributed by atoms with Crippen LogP contribution in [0.2, 0.25) is 0 Å². The Morgan fingerprint density at radius 3 is 2.22 bits per heavy atom. The number of ether oxygens (including phenoxy) is 1. The molecule has 0 unspecified atom stereocenters. The van der Waals surface area contributed by atoms with Crippen molar-refractivity contribution in [2.75, 3.05) is 7.11 Å². The Kier molecular flexibility index (Phi) is 5.19. The van der Waals surface area contributed by atoms with Gasteiger partial charge < -0.3 is 15.4 Å². The second-order valence-electron chi connectivity index (χ2n) is 3.63. The molecular weight excluding hydrogens is 257 g/mol. The van der Waals surface area contributed by atoms with Crippen LogP contribution in [0.5, 0.6) is 0 Å². The van der Waals surface area contributed by atoms with Crippen molar-refractivity contribution < 1.29 is 37.4 Å². The van der Waals surface area contributed by atoms with Gasteiger partial charge in [0, 0.05) is 6.42 Å². The minimum absolute atomic E-state index is 0.494. The number of rotatable bonds is 5. The smallest absolute Gasteiger partial charge is 0.441 e. The van der Waals surface area contributed by atoms with E-state index in [2.05, 4.69) is 9.53 Å². The van der Waals surface area contributed by atoms with Crippen molar-refractivity contribution in [1.29, 1.82) is 0 Å². The van der Waals surface area contributed by atoms with Crippen LogP contribution in [0.15, 0.2) is 0 Å². The number of esters is 1. The number of nitrogens with zero attached hydrogens (tertiary/aromatic N) is 2. The summed E-state index contributed by atoms with van der Waals surface area (Å²) in [6, 6.07) is 0. The molecule has 0 fully saturated rings. The predicted octanol–water partition coefficient (Wildman–Crippen LogP) is 0.493. The molecule has 0 rings (SSSR count). The number of alkyl halides is 3. The highest BCUT2D eigenvalue weighted by Gasteiger charge is 2.50. The zero-order valence-electron chi connectivity index (χ0n) is 9.61. The molecule has 0 saturated heterocycles. The minimum atomic E-state index is -4.91. The fraction of sp³-hybridized carbons (Fsp3) is 0.667. The van der Waals surface area contributed by atoms with Crippen molar-refractivity contribution in [1.82, 2.24) is 0 Å². The van der Waals surface area contributed by atoms with E-state index in [1.807, 2.05) is 0 Å². The van der Waals surface area contributed by atoms with Crippen LogP contribution in [0.1, 0.15) is 19.8 Å². The molecule has 1 atom stereocenters. The summed E-state index contributed by atoms with van der Waals surface area (Å²) in [4.78, 5) is 24.5. The summed E-state index contributed by atoms with van der Waals surface area (Å²) in [7, 11) is 0.909. The number of Topliss-reactive ketones (excluding diaryl/α,β-unsaturated/α-hetero) is 1. The summed E-state index contributed by atoms with van der Waals surface area (Å²) < 4.78 is 40.9. The van der Waals surface area contributed by atoms with Gasteiger partial charge in [-0.3, -0.25) is 4.79 Å². The first kappa shape index (κ1) is 16.3. The monoisotopic (exact) mass is 268 g/mol. The summed E-state index contributed by atoms with van der Waals surface area (Å²) in [5, 5.41) is 9.05. The SMILES string of the molecule is COC(=O)C(=[N+]=[N-])C(=O)CC[C@@](C)(O)C(F)(F)F. The number of carbonyl (C=O) groups excluding carboxylic acids is 2. The lowest BCUT2D eigenvalue weighted by Crippen LogP contribution is -2.43. The topological polar surface area (TPSA) is 100 Å². The molecule has 9 heteroatoms. The Hall–Kier alpha value is -1.73. The van der Waals surface area contributed by atoms with Gasteiger partial charge in [0.25, 0.3) is 5.78 Å². The van der Waals surface area contributed by atoms with Gasteiger partial charge in [0.05, 0.1) is 7.11 Å². The maximum absolute atomic E-state index is 12.3. The number of ketones is 1. The first-order valence-electron chi connectivity index (χ1n) is 4.69. The van der Waals surface area contributed by atoms with E-state index in [1.165, 1.54) is 0 Å². The second kappa shape index (κ2) is 5.74. The van der Waals surface area contributed by atoms with Crippen LogP contribution < -0.4 is 0 Å². The molecule has 0 aromatic heterocycles. The van der Waals surface area contributed by atoms with E-state index in [4.69, 9.17) is 10.6 Å².